The van der Waals surface area contributed by atoms with E-state index < -0.39 is 0 Å². The van der Waals surface area contributed by atoms with Crippen molar-refractivity contribution in [1.29, 1.82) is 0 Å². The minimum absolute atomic E-state index is 0.222. The predicted molar refractivity (Wildman–Crippen MR) is 94.9 cm³/mol. The van der Waals surface area contributed by atoms with Gasteiger partial charge < -0.3 is 4.74 Å². The van der Waals surface area contributed by atoms with E-state index >= 15 is 0 Å². The van der Waals surface area contributed by atoms with E-state index in [1.54, 1.807) is 30.3 Å². The van der Waals surface area contributed by atoms with Gasteiger partial charge in [-0.3, -0.25) is 9.59 Å². The Balaban J connectivity index is 1.60. The van der Waals surface area contributed by atoms with Gasteiger partial charge in [0, 0.05) is 5.56 Å². The topological polar surface area (TPSA) is 46.6 Å². The third kappa shape index (κ3) is 2.90. The molecule has 1 heterocycles. The molecule has 0 aliphatic carbocycles. The largest absolute Gasteiger partial charge is 0.457 e. The first-order valence-electron chi connectivity index (χ1n) is 8.00. The summed E-state index contributed by atoms with van der Waals surface area (Å²) in [6, 6.07) is 23.6. The number of hydrogen-bond donors (Lipinski definition) is 0. The number of ether oxygens (including phenoxy) is 1. The lowest BCUT2D eigenvalue weighted by atomic mass is 9.98. The molecule has 0 bridgehead atoms. The van der Waals surface area contributed by atoms with Gasteiger partial charge in [0.05, 0.1) is 12.1 Å². The molecule has 25 heavy (non-hydrogen) atoms. The number of rotatable bonds is 3. The van der Waals surface area contributed by atoms with Crippen molar-refractivity contribution < 1.29 is 14.3 Å². The van der Waals surface area contributed by atoms with Crippen LogP contribution in [0, 0.1) is 0 Å². The fourth-order valence-electron chi connectivity index (χ4n) is 2.91. The van der Waals surface area contributed by atoms with E-state index in [-0.39, 0.29) is 18.2 Å². The summed E-state index contributed by atoms with van der Waals surface area (Å²) in [5, 5.41) is 0. The molecule has 0 fully saturated rings. The highest BCUT2D eigenvalue weighted by Gasteiger charge is 2.31. The summed E-state index contributed by atoms with van der Waals surface area (Å²) >= 11 is 0. The summed E-state index contributed by atoms with van der Waals surface area (Å²) in [6.45, 7) is 0. The summed E-state index contributed by atoms with van der Waals surface area (Å²) in [5.41, 5.74) is 1.90. The molecule has 4 heteroatoms. The van der Waals surface area contributed by atoms with Crippen LogP contribution in [-0.4, -0.2) is 11.8 Å². The number of para-hydroxylation sites is 1. The number of nitrogens with zero attached hydrogens (tertiary/aromatic N) is 1. The van der Waals surface area contributed by atoms with Gasteiger partial charge in [0.25, 0.3) is 5.91 Å². The lowest BCUT2D eigenvalue weighted by molar-refractivity contribution is -0.117. The van der Waals surface area contributed by atoms with E-state index in [1.807, 2.05) is 48.5 Å². The van der Waals surface area contributed by atoms with Gasteiger partial charge in [0.1, 0.15) is 11.5 Å². The van der Waals surface area contributed by atoms with Crippen LogP contribution in [0.3, 0.4) is 0 Å². The van der Waals surface area contributed by atoms with Gasteiger partial charge >= 0.3 is 0 Å². The van der Waals surface area contributed by atoms with Crippen LogP contribution in [0.25, 0.3) is 0 Å². The molecule has 1 aliphatic rings. The van der Waals surface area contributed by atoms with Crippen molar-refractivity contribution in [1.82, 2.24) is 0 Å². The summed E-state index contributed by atoms with van der Waals surface area (Å²) < 4.78 is 5.74. The predicted octanol–water partition coefficient (Wildman–Crippen LogP) is 4.21. The number of hydrogen-bond acceptors (Lipinski definition) is 3. The molecule has 0 N–H and O–H groups in total. The molecule has 0 aromatic heterocycles. The number of amides is 2. The molecular formula is C21H15NO3. The Kier molecular flexibility index (Phi) is 3.78. The number of benzene rings is 3. The van der Waals surface area contributed by atoms with Gasteiger partial charge in [-0.1, -0.05) is 36.4 Å². The molecule has 122 valence electrons. The van der Waals surface area contributed by atoms with Gasteiger partial charge in [0.15, 0.2) is 0 Å². The molecule has 3 aromatic rings. The molecular weight excluding hydrogens is 314 g/mol. The lowest BCUT2D eigenvalue weighted by Crippen LogP contribution is -2.42. The summed E-state index contributed by atoms with van der Waals surface area (Å²) in [7, 11) is 0. The summed E-state index contributed by atoms with van der Waals surface area (Å²) in [5.74, 6) is 0.866. The zero-order valence-electron chi connectivity index (χ0n) is 13.4. The monoisotopic (exact) mass is 329 g/mol. The minimum Gasteiger partial charge on any atom is -0.457 e. The average molecular weight is 329 g/mol. The number of carbonyl (C=O) groups excluding carboxylic acids is 2. The van der Waals surface area contributed by atoms with E-state index in [4.69, 9.17) is 4.74 Å². The SMILES string of the molecule is O=C1Cc2ccccc2C(=O)N1c1ccc(Oc2ccccc2)cc1. The Morgan fingerprint density at radius 3 is 2.12 bits per heavy atom. The van der Waals surface area contributed by atoms with Crippen LogP contribution in [0.15, 0.2) is 78.9 Å². The maximum Gasteiger partial charge on any atom is 0.265 e. The second-order valence-corrected chi connectivity index (χ2v) is 5.78. The van der Waals surface area contributed by atoms with E-state index in [9.17, 15) is 9.59 Å². The van der Waals surface area contributed by atoms with Gasteiger partial charge in [-0.2, -0.15) is 0 Å². The van der Waals surface area contributed by atoms with Crippen molar-refractivity contribution in [3.63, 3.8) is 0 Å². The first kappa shape index (κ1) is 15.1. The Bertz CT molecular complexity index is 933. The van der Waals surface area contributed by atoms with Crippen LogP contribution in [-0.2, 0) is 11.2 Å². The molecule has 0 radical (unpaired) electrons. The zero-order chi connectivity index (χ0) is 17.2. The van der Waals surface area contributed by atoms with Crippen molar-refractivity contribution in [2.45, 2.75) is 6.42 Å². The molecule has 4 rings (SSSR count). The van der Waals surface area contributed by atoms with Crippen molar-refractivity contribution in [2.75, 3.05) is 4.90 Å². The molecule has 4 nitrogen and oxygen atoms in total. The molecule has 3 aromatic carbocycles. The van der Waals surface area contributed by atoms with Crippen LogP contribution < -0.4 is 9.64 Å². The van der Waals surface area contributed by atoms with Crippen molar-refractivity contribution in [2.24, 2.45) is 0 Å². The molecule has 0 spiro atoms. The standard InChI is InChI=1S/C21H15NO3/c23-20-14-15-6-4-5-9-19(15)21(24)22(20)16-10-12-18(13-11-16)25-17-7-2-1-3-8-17/h1-13H,14H2. The quantitative estimate of drug-likeness (QED) is 0.676. The highest BCUT2D eigenvalue weighted by Crippen LogP contribution is 2.28. The van der Waals surface area contributed by atoms with Gasteiger partial charge in [-0.25, -0.2) is 4.90 Å². The molecule has 1 aliphatic heterocycles. The van der Waals surface area contributed by atoms with Crippen molar-refractivity contribution >= 4 is 17.5 Å². The van der Waals surface area contributed by atoms with E-state index in [0.717, 1.165) is 11.3 Å². The van der Waals surface area contributed by atoms with Crippen molar-refractivity contribution in [3.05, 3.63) is 90.0 Å². The number of anilines is 1. The fraction of sp³-hybridized carbons (Fsp3) is 0.0476. The Hall–Kier alpha value is -3.40. The highest BCUT2D eigenvalue weighted by atomic mass is 16.5. The second kappa shape index (κ2) is 6.24. The molecule has 0 saturated carbocycles. The van der Waals surface area contributed by atoms with Crippen LogP contribution in [0.4, 0.5) is 5.69 Å². The van der Waals surface area contributed by atoms with Crippen LogP contribution in [0.2, 0.25) is 0 Å². The summed E-state index contributed by atoms with van der Waals surface area (Å²) in [6.07, 6.45) is 0.226. The molecule has 2 amide bonds. The summed E-state index contributed by atoms with van der Waals surface area (Å²) in [4.78, 5) is 26.3. The van der Waals surface area contributed by atoms with Crippen LogP contribution >= 0.6 is 0 Å². The number of imide groups is 1. The zero-order valence-corrected chi connectivity index (χ0v) is 13.4. The van der Waals surface area contributed by atoms with Gasteiger partial charge in [-0.05, 0) is 48.0 Å². The third-order valence-electron chi connectivity index (χ3n) is 4.12. The van der Waals surface area contributed by atoms with E-state index in [0.29, 0.717) is 17.0 Å². The highest BCUT2D eigenvalue weighted by molar-refractivity contribution is 6.24. The van der Waals surface area contributed by atoms with Gasteiger partial charge in [0.2, 0.25) is 5.91 Å². The van der Waals surface area contributed by atoms with Crippen LogP contribution in [0.1, 0.15) is 15.9 Å². The van der Waals surface area contributed by atoms with E-state index in [1.165, 1.54) is 4.90 Å². The first-order chi connectivity index (χ1) is 12.2. The average Bonchev–Trinajstić information content (AvgIpc) is 2.64. The molecule has 0 saturated heterocycles. The minimum atomic E-state index is -0.288. The molecule has 0 atom stereocenters. The first-order valence-corrected chi connectivity index (χ1v) is 8.00. The lowest BCUT2D eigenvalue weighted by Gasteiger charge is -2.26. The Morgan fingerprint density at radius 1 is 0.720 bits per heavy atom. The Morgan fingerprint density at radius 2 is 1.36 bits per heavy atom. The maximum absolute atomic E-state index is 12.7. The van der Waals surface area contributed by atoms with Gasteiger partial charge in [-0.15, -0.1) is 0 Å². The Labute approximate surface area is 145 Å². The second-order valence-electron chi connectivity index (χ2n) is 5.78. The van der Waals surface area contributed by atoms with Crippen molar-refractivity contribution in [3.8, 4) is 11.5 Å². The molecule has 0 unspecified atom stereocenters. The van der Waals surface area contributed by atoms with Crippen LogP contribution in [0.5, 0.6) is 11.5 Å². The van der Waals surface area contributed by atoms with E-state index in [2.05, 4.69) is 0 Å². The third-order valence-corrected chi connectivity index (χ3v) is 4.12. The number of fused-ring (bicyclic) bond motifs is 1. The maximum atomic E-state index is 12.7. The number of carbonyl (C=O) groups is 2. The smallest absolute Gasteiger partial charge is 0.265 e. The fourth-order valence-corrected chi connectivity index (χ4v) is 2.91. The normalized spacial score (nSPS) is 13.5.